The molecule has 0 radical (unpaired) electrons. The first kappa shape index (κ1) is 81.1. The van der Waals surface area contributed by atoms with Crippen molar-refractivity contribution in [3.8, 4) is 0 Å². The molecule has 0 aromatic carbocycles. The lowest BCUT2D eigenvalue weighted by Crippen LogP contribution is -2.30. The van der Waals surface area contributed by atoms with Crippen LogP contribution in [0.2, 0.25) is 0 Å². The van der Waals surface area contributed by atoms with Gasteiger partial charge >= 0.3 is 39.5 Å². The fraction of sp³-hybridized carbons (Fsp3) is 0.938. The van der Waals surface area contributed by atoms with Gasteiger partial charge in [-0.15, -0.1) is 0 Å². The van der Waals surface area contributed by atoms with Crippen LogP contribution in [0.1, 0.15) is 324 Å². The Balaban J connectivity index is 5.16. The van der Waals surface area contributed by atoms with E-state index in [0.717, 1.165) is 96.3 Å². The molecule has 19 heteroatoms. The van der Waals surface area contributed by atoms with Crippen molar-refractivity contribution in [2.24, 2.45) is 5.92 Å². The van der Waals surface area contributed by atoms with Gasteiger partial charge in [-0.05, 0) is 31.6 Å². The van der Waals surface area contributed by atoms with E-state index in [9.17, 15) is 43.2 Å². The first-order valence-electron chi connectivity index (χ1n) is 33.6. The van der Waals surface area contributed by atoms with E-state index in [2.05, 4.69) is 34.6 Å². The number of hydrogen-bond acceptors (Lipinski definition) is 15. The molecule has 0 aromatic rings. The molecule has 492 valence electrons. The Kier molecular flexibility index (Phi) is 56.4. The van der Waals surface area contributed by atoms with Gasteiger partial charge in [-0.25, -0.2) is 9.13 Å². The Hall–Kier alpha value is -1.94. The van der Waals surface area contributed by atoms with E-state index in [4.69, 9.17) is 37.0 Å². The lowest BCUT2D eigenvalue weighted by molar-refractivity contribution is -0.161. The first-order valence-corrected chi connectivity index (χ1v) is 36.6. The van der Waals surface area contributed by atoms with Crippen LogP contribution in [0.25, 0.3) is 0 Å². The summed E-state index contributed by atoms with van der Waals surface area (Å²) in [5, 5.41) is 10.5. The quantitative estimate of drug-likeness (QED) is 0.0222. The molecule has 0 bridgehead atoms. The smallest absolute Gasteiger partial charge is 0.462 e. The lowest BCUT2D eigenvalue weighted by atomic mass is 10.0. The summed E-state index contributed by atoms with van der Waals surface area (Å²) >= 11 is 0. The standard InChI is InChI=1S/C64H124O17P2/c1-6-9-12-15-17-19-21-23-24-25-26-28-30-34-39-44-49-63(68)81-60(54-75-62(67)48-43-38-33-29-27-22-20-18-16-13-10-7-2)56-79-83(72,73)77-52-58(65)51-76-82(70,71)78-55-59(53-74-61(66)47-42-36-14-11-8-3)80-64(69)50-45-40-35-31-32-37-41-46-57(4)5/h57-60,65H,6-56H2,1-5H3,(H,70,71)(H,72,73)/t58-,59+,60+/m0/s1. The number of rotatable bonds is 64. The SMILES string of the molecule is CCCCCCCCCCCCCCCCCCC(=O)O[C@H](COC(=O)CCCCCCCCCCCCCC)COP(=O)(O)OC[C@@H](O)COP(=O)(O)OC[C@@H](COC(=O)CCCCCCC)OC(=O)CCCCCCCCCC(C)C. The Morgan fingerprint density at radius 1 is 0.325 bits per heavy atom. The van der Waals surface area contributed by atoms with Crippen LogP contribution in [0.4, 0.5) is 0 Å². The number of hydrogen-bond donors (Lipinski definition) is 3. The molecule has 0 aliphatic heterocycles. The summed E-state index contributed by atoms with van der Waals surface area (Å²) < 4.78 is 67.8. The maximum Gasteiger partial charge on any atom is 0.472 e. The van der Waals surface area contributed by atoms with E-state index in [-0.39, 0.29) is 25.7 Å². The van der Waals surface area contributed by atoms with Gasteiger partial charge in [0, 0.05) is 25.7 Å². The summed E-state index contributed by atoms with van der Waals surface area (Å²) in [6.45, 7) is 7.05. The molecular formula is C64H124O17P2. The van der Waals surface area contributed by atoms with Crippen molar-refractivity contribution in [1.29, 1.82) is 0 Å². The first-order chi connectivity index (χ1) is 40.0. The van der Waals surface area contributed by atoms with Gasteiger partial charge < -0.3 is 33.8 Å². The lowest BCUT2D eigenvalue weighted by Gasteiger charge is -2.21. The predicted octanol–water partition coefficient (Wildman–Crippen LogP) is 17.8. The molecule has 5 atom stereocenters. The van der Waals surface area contributed by atoms with Gasteiger partial charge in [-0.1, -0.05) is 272 Å². The maximum atomic E-state index is 13.0. The Bertz CT molecular complexity index is 1620. The second kappa shape index (κ2) is 57.8. The van der Waals surface area contributed by atoms with Crippen LogP contribution in [0.3, 0.4) is 0 Å². The summed E-state index contributed by atoms with van der Waals surface area (Å²) in [7, 11) is -9.88. The number of ether oxygens (including phenoxy) is 4. The van der Waals surface area contributed by atoms with Crippen molar-refractivity contribution >= 4 is 39.5 Å². The number of phosphoric ester groups is 2. The van der Waals surface area contributed by atoms with Crippen LogP contribution in [-0.2, 0) is 65.4 Å². The summed E-state index contributed by atoms with van der Waals surface area (Å²) in [5.41, 5.74) is 0. The van der Waals surface area contributed by atoms with Crippen LogP contribution >= 0.6 is 15.6 Å². The number of carbonyl (C=O) groups excluding carboxylic acids is 4. The van der Waals surface area contributed by atoms with E-state index in [0.29, 0.717) is 31.6 Å². The van der Waals surface area contributed by atoms with Gasteiger partial charge in [0.15, 0.2) is 12.2 Å². The minimum absolute atomic E-state index is 0.103. The molecule has 0 saturated heterocycles. The number of esters is 4. The highest BCUT2D eigenvalue weighted by atomic mass is 31.2. The second-order valence-corrected chi connectivity index (χ2v) is 26.5. The van der Waals surface area contributed by atoms with Crippen LogP contribution in [-0.4, -0.2) is 96.7 Å². The molecule has 0 aliphatic rings. The molecular weight excluding hydrogens is 1100 g/mol. The highest BCUT2D eigenvalue weighted by molar-refractivity contribution is 7.47. The highest BCUT2D eigenvalue weighted by Crippen LogP contribution is 2.45. The van der Waals surface area contributed by atoms with Crippen LogP contribution < -0.4 is 0 Å². The molecule has 0 saturated carbocycles. The Morgan fingerprint density at radius 3 is 0.819 bits per heavy atom. The molecule has 0 amide bonds. The largest absolute Gasteiger partial charge is 0.472 e. The van der Waals surface area contributed by atoms with Gasteiger partial charge in [0.05, 0.1) is 26.4 Å². The van der Waals surface area contributed by atoms with Crippen molar-refractivity contribution in [2.75, 3.05) is 39.6 Å². The Morgan fingerprint density at radius 2 is 0.554 bits per heavy atom. The number of phosphoric acid groups is 2. The zero-order valence-electron chi connectivity index (χ0n) is 53.3. The molecule has 0 aliphatic carbocycles. The minimum atomic E-state index is -4.94. The number of aliphatic hydroxyl groups is 1. The average molecular weight is 1230 g/mol. The second-order valence-electron chi connectivity index (χ2n) is 23.6. The van der Waals surface area contributed by atoms with Gasteiger partial charge in [-0.3, -0.25) is 37.3 Å². The normalized spacial score (nSPS) is 14.2. The third-order valence-electron chi connectivity index (χ3n) is 14.8. The van der Waals surface area contributed by atoms with E-state index in [1.165, 1.54) is 141 Å². The van der Waals surface area contributed by atoms with Gasteiger partial charge in [0.25, 0.3) is 0 Å². The number of unbranched alkanes of at least 4 members (excludes halogenated alkanes) is 36. The van der Waals surface area contributed by atoms with E-state index < -0.39 is 97.5 Å². The minimum Gasteiger partial charge on any atom is -0.462 e. The molecule has 17 nitrogen and oxygen atoms in total. The predicted molar refractivity (Wildman–Crippen MR) is 331 cm³/mol. The summed E-state index contributed by atoms with van der Waals surface area (Å²) in [6, 6.07) is 0. The molecule has 0 spiro atoms. The van der Waals surface area contributed by atoms with Crippen molar-refractivity contribution in [1.82, 2.24) is 0 Å². The van der Waals surface area contributed by atoms with Gasteiger partial charge in [-0.2, -0.15) is 0 Å². The summed E-state index contributed by atoms with van der Waals surface area (Å²) in [4.78, 5) is 72.0. The molecule has 83 heavy (non-hydrogen) atoms. The average Bonchev–Trinajstić information content (AvgIpc) is 3.45. The zero-order valence-corrected chi connectivity index (χ0v) is 55.1. The summed E-state index contributed by atoms with van der Waals surface area (Å²) in [5.74, 6) is -1.45. The Labute approximate surface area is 505 Å². The monoisotopic (exact) mass is 1230 g/mol. The molecule has 0 fully saturated rings. The highest BCUT2D eigenvalue weighted by Gasteiger charge is 2.30. The topological polar surface area (TPSA) is 237 Å². The fourth-order valence-corrected chi connectivity index (χ4v) is 11.2. The molecule has 3 N–H and O–H groups in total. The molecule has 0 aromatic heterocycles. The molecule has 0 rings (SSSR count). The number of carbonyl (C=O) groups is 4. The third-order valence-corrected chi connectivity index (χ3v) is 16.7. The van der Waals surface area contributed by atoms with E-state index in [1.54, 1.807) is 0 Å². The zero-order chi connectivity index (χ0) is 61.3. The van der Waals surface area contributed by atoms with Gasteiger partial charge in [0.2, 0.25) is 0 Å². The van der Waals surface area contributed by atoms with E-state index >= 15 is 0 Å². The maximum absolute atomic E-state index is 13.0. The fourth-order valence-electron chi connectivity index (χ4n) is 9.58. The van der Waals surface area contributed by atoms with Gasteiger partial charge in [0.1, 0.15) is 19.3 Å². The van der Waals surface area contributed by atoms with Crippen molar-refractivity contribution < 1.29 is 80.2 Å². The van der Waals surface area contributed by atoms with Crippen molar-refractivity contribution in [3.05, 3.63) is 0 Å². The van der Waals surface area contributed by atoms with Crippen molar-refractivity contribution in [2.45, 2.75) is 342 Å². The molecule has 2 unspecified atom stereocenters. The van der Waals surface area contributed by atoms with E-state index in [1.807, 2.05) is 0 Å². The van der Waals surface area contributed by atoms with Crippen molar-refractivity contribution in [3.63, 3.8) is 0 Å². The number of aliphatic hydroxyl groups excluding tert-OH is 1. The third kappa shape index (κ3) is 58.8. The van der Waals surface area contributed by atoms with Crippen LogP contribution in [0.5, 0.6) is 0 Å². The molecule has 0 heterocycles. The van der Waals surface area contributed by atoms with Crippen LogP contribution in [0, 0.1) is 5.92 Å². The summed E-state index contributed by atoms with van der Waals surface area (Å²) in [6.07, 6.45) is 42.1. The van der Waals surface area contributed by atoms with Crippen LogP contribution in [0.15, 0.2) is 0 Å².